The molecule has 0 unspecified atom stereocenters. The van der Waals surface area contributed by atoms with Crippen molar-refractivity contribution in [3.63, 3.8) is 0 Å². The highest BCUT2D eigenvalue weighted by molar-refractivity contribution is 5.95. The van der Waals surface area contributed by atoms with Gasteiger partial charge in [0.05, 0.1) is 11.8 Å². The van der Waals surface area contributed by atoms with Gasteiger partial charge in [0.2, 0.25) is 11.8 Å². The van der Waals surface area contributed by atoms with Crippen LogP contribution in [0.4, 0.5) is 5.69 Å². The van der Waals surface area contributed by atoms with Crippen molar-refractivity contribution in [1.29, 1.82) is 0 Å². The number of nitrogens with zero attached hydrogens (tertiary/aromatic N) is 1. The zero-order valence-electron chi connectivity index (χ0n) is 14.7. The van der Waals surface area contributed by atoms with Gasteiger partial charge in [-0.15, -0.1) is 0 Å². The first-order valence-electron chi connectivity index (χ1n) is 9.10. The number of aliphatic carboxylic acids is 1. The molecule has 1 aliphatic carbocycles. The number of carboxylic acid groups (broad SMARTS) is 1. The summed E-state index contributed by atoms with van der Waals surface area (Å²) in [7, 11) is 0. The molecule has 1 aromatic carbocycles. The van der Waals surface area contributed by atoms with Crippen molar-refractivity contribution in [2.45, 2.75) is 38.6 Å². The summed E-state index contributed by atoms with van der Waals surface area (Å²) in [4.78, 5) is 37.7. The number of allylic oxidation sites excluding steroid dienone is 2. The molecule has 2 amide bonds. The van der Waals surface area contributed by atoms with Gasteiger partial charge in [0, 0.05) is 25.2 Å². The molecular formula is C20H24N2O4. The van der Waals surface area contributed by atoms with E-state index in [-0.39, 0.29) is 11.8 Å². The molecule has 0 radical (unpaired) electrons. The molecule has 2 atom stereocenters. The second-order valence-corrected chi connectivity index (χ2v) is 6.96. The Hall–Kier alpha value is -2.63. The maximum atomic E-state index is 12.6. The van der Waals surface area contributed by atoms with Crippen molar-refractivity contribution in [2.24, 2.45) is 11.8 Å². The van der Waals surface area contributed by atoms with Gasteiger partial charge in [0.25, 0.3) is 0 Å². The first-order chi connectivity index (χ1) is 12.5. The molecule has 26 heavy (non-hydrogen) atoms. The van der Waals surface area contributed by atoms with Crippen LogP contribution in [-0.2, 0) is 20.9 Å². The van der Waals surface area contributed by atoms with Crippen molar-refractivity contribution >= 4 is 23.5 Å². The van der Waals surface area contributed by atoms with E-state index in [9.17, 15) is 19.5 Å². The quantitative estimate of drug-likeness (QED) is 0.794. The minimum absolute atomic E-state index is 0.170. The summed E-state index contributed by atoms with van der Waals surface area (Å²) in [6.07, 6.45) is 7.07. The SMILES string of the molecule is O=C(O)[C@H]1CC=CC[C@@H]1C(=O)Nc1cccc(CN2CCCCC2=O)c1. The highest BCUT2D eigenvalue weighted by Crippen LogP contribution is 2.27. The van der Waals surface area contributed by atoms with Crippen LogP contribution in [0.25, 0.3) is 0 Å². The van der Waals surface area contributed by atoms with E-state index in [1.807, 2.05) is 35.3 Å². The van der Waals surface area contributed by atoms with Crippen LogP contribution < -0.4 is 5.32 Å². The normalized spacial score (nSPS) is 22.9. The Balaban J connectivity index is 1.66. The fourth-order valence-corrected chi connectivity index (χ4v) is 3.61. The molecule has 1 aliphatic heterocycles. The standard InChI is InChI=1S/C20H24N2O4/c23-18-10-3-4-11-22(18)13-14-6-5-7-15(12-14)21-19(24)16-8-1-2-9-17(16)20(25)26/h1-2,5-7,12,16-17H,3-4,8-11,13H2,(H,21,24)(H,25,26)/t16-,17-/m0/s1. The van der Waals surface area contributed by atoms with E-state index in [4.69, 9.17) is 0 Å². The summed E-state index contributed by atoms with van der Waals surface area (Å²) in [6, 6.07) is 7.41. The lowest BCUT2D eigenvalue weighted by Crippen LogP contribution is -2.35. The topological polar surface area (TPSA) is 86.7 Å². The van der Waals surface area contributed by atoms with Crippen molar-refractivity contribution in [3.8, 4) is 0 Å². The van der Waals surface area contributed by atoms with E-state index in [1.54, 1.807) is 6.07 Å². The number of amides is 2. The van der Waals surface area contributed by atoms with Gasteiger partial charge in [0.1, 0.15) is 0 Å². The van der Waals surface area contributed by atoms with Gasteiger partial charge in [-0.05, 0) is 43.4 Å². The molecule has 2 aliphatic rings. The Kier molecular flexibility index (Phi) is 5.71. The zero-order chi connectivity index (χ0) is 18.5. The van der Waals surface area contributed by atoms with Crippen LogP contribution in [0.3, 0.4) is 0 Å². The number of likely N-dealkylation sites (tertiary alicyclic amines) is 1. The van der Waals surface area contributed by atoms with E-state index in [2.05, 4.69) is 5.32 Å². The molecule has 3 rings (SSSR count). The van der Waals surface area contributed by atoms with Crippen LogP contribution >= 0.6 is 0 Å². The first kappa shape index (κ1) is 18.2. The van der Waals surface area contributed by atoms with E-state index in [0.717, 1.165) is 24.9 Å². The number of benzene rings is 1. The summed E-state index contributed by atoms with van der Waals surface area (Å²) >= 11 is 0. The van der Waals surface area contributed by atoms with Crippen LogP contribution in [0.2, 0.25) is 0 Å². The Morgan fingerprint density at radius 1 is 1.15 bits per heavy atom. The monoisotopic (exact) mass is 356 g/mol. The number of rotatable bonds is 5. The van der Waals surface area contributed by atoms with Crippen LogP contribution in [0.1, 0.15) is 37.7 Å². The lowest BCUT2D eigenvalue weighted by Gasteiger charge is -2.27. The average Bonchev–Trinajstić information content (AvgIpc) is 2.64. The second-order valence-electron chi connectivity index (χ2n) is 6.96. The number of carbonyl (C=O) groups is 3. The predicted octanol–water partition coefficient (Wildman–Crippen LogP) is 2.80. The maximum absolute atomic E-state index is 12.6. The Bertz CT molecular complexity index is 728. The molecule has 1 heterocycles. The number of piperidine rings is 1. The smallest absolute Gasteiger partial charge is 0.307 e. The van der Waals surface area contributed by atoms with Crippen LogP contribution in [-0.4, -0.2) is 34.3 Å². The van der Waals surface area contributed by atoms with Crippen molar-refractivity contribution in [1.82, 2.24) is 4.90 Å². The fourth-order valence-electron chi connectivity index (χ4n) is 3.61. The number of anilines is 1. The highest BCUT2D eigenvalue weighted by Gasteiger charge is 2.34. The maximum Gasteiger partial charge on any atom is 0.307 e. The number of carbonyl (C=O) groups excluding carboxylic acids is 2. The summed E-state index contributed by atoms with van der Waals surface area (Å²) in [6.45, 7) is 1.30. The van der Waals surface area contributed by atoms with Crippen molar-refractivity contribution < 1.29 is 19.5 Å². The highest BCUT2D eigenvalue weighted by atomic mass is 16.4. The molecule has 138 valence electrons. The third kappa shape index (κ3) is 4.31. The van der Waals surface area contributed by atoms with E-state index in [1.165, 1.54) is 0 Å². The van der Waals surface area contributed by atoms with Gasteiger partial charge in [-0.2, -0.15) is 0 Å². The molecule has 2 N–H and O–H groups in total. The Labute approximate surface area is 152 Å². The molecule has 6 heteroatoms. The van der Waals surface area contributed by atoms with Gasteiger partial charge >= 0.3 is 5.97 Å². The van der Waals surface area contributed by atoms with Gasteiger partial charge in [0.15, 0.2) is 0 Å². The second kappa shape index (κ2) is 8.17. The van der Waals surface area contributed by atoms with E-state index >= 15 is 0 Å². The van der Waals surface area contributed by atoms with Crippen molar-refractivity contribution in [2.75, 3.05) is 11.9 Å². The molecule has 0 spiro atoms. The molecule has 1 fully saturated rings. The predicted molar refractivity (Wildman–Crippen MR) is 97.3 cm³/mol. The van der Waals surface area contributed by atoms with Crippen LogP contribution in [0.15, 0.2) is 36.4 Å². The number of carboxylic acids is 1. The molecule has 1 saturated heterocycles. The summed E-state index contributed by atoms with van der Waals surface area (Å²) < 4.78 is 0. The molecule has 0 aromatic heterocycles. The average molecular weight is 356 g/mol. The van der Waals surface area contributed by atoms with Gasteiger partial charge < -0.3 is 15.3 Å². The van der Waals surface area contributed by atoms with Crippen LogP contribution in [0.5, 0.6) is 0 Å². The molecule has 0 saturated carbocycles. The Morgan fingerprint density at radius 2 is 1.92 bits per heavy atom. The van der Waals surface area contributed by atoms with E-state index < -0.39 is 17.8 Å². The van der Waals surface area contributed by atoms with Gasteiger partial charge in [-0.1, -0.05) is 24.3 Å². The Morgan fingerprint density at radius 3 is 2.65 bits per heavy atom. The molecule has 6 nitrogen and oxygen atoms in total. The number of nitrogens with one attached hydrogen (secondary N) is 1. The third-order valence-electron chi connectivity index (χ3n) is 5.08. The number of hydrogen-bond acceptors (Lipinski definition) is 3. The number of hydrogen-bond donors (Lipinski definition) is 2. The first-order valence-corrected chi connectivity index (χ1v) is 9.10. The lowest BCUT2D eigenvalue weighted by atomic mass is 9.82. The molecule has 1 aromatic rings. The zero-order valence-corrected chi connectivity index (χ0v) is 14.7. The van der Waals surface area contributed by atoms with Crippen molar-refractivity contribution in [3.05, 3.63) is 42.0 Å². The minimum Gasteiger partial charge on any atom is -0.481 e. The van der Waals surface area contributed by atoms with Gasteiger partial charge in [-0.3, -0.25) is 14.4 Å². The lowest BCUT2D eigenvalue weighted by molar-refractivity contribution is -0.146. The summed E-state index contributed by atoms with van der Waals surface area (Å²) in [5.41, 5.74) is 1.59. The third-order valence-corrected chi connectivity index (χ3v) is 5.08. The van der Waals surface area contributed by atoms with E-state index in [0.29, 0.717) is 31.5 Å². The fraction of sp³-hybridized carbons (Fsp3) is 0.450. The largest absolute Gasteiger partial charge is 0.481 e. The minimum atomic E-state index is -0.938. The summed E-state index contributed by atoms with van der Waals surface area (Å²) in [5, 5.41) is 12.2. The molecular weight excluding hydrogens is 332 g/mol. The van der Waals surface area contributed by atoms with Crippen LogP contribution in [0, 0.1) is 11.8 Å². The van der Waals surface area contributed by atoms with Gasteiger partial charge in [-0.25, -0.2) is 0 Å². The summed E-state index contributed by atoms with van der Waals surface area (Å²) in [5.74, 6) is -2.29. The molecule has 0 bridgehead atoms.